The Bertz CT molecular complexity index is 2200. The first kappa shape index (κ1) is 44.5. The topological polar surface area (TPSA) is 209 Å². The van der Waals surface area contributed by atoms with E-state index >= 15 is 4.39 Å². The van der Waals surface area contributed by atoms with E-state index in [0.717, 1.165) is 23.8 Å². The third-order valence-corrected chi connectivity index (χ3v) is 12.3. The molecule has 0 spiro atoms. The van der Waals surface area contributed by atoms with Crippen LogP contribution >= 0.6 is 35.1 Å². The zero-order valence-corrected chi connectivity index (χ0v) is 36.8. The second-order valence-electron chi connectivity index (χ2n) is 13.1. The van der Waals surface area contributed by atoms with Gasteiger partial charge in [0.15, 0.2) is 11.5 Å². The molecule has 1 unspecified atom stereocenters. The molecule has 2 saturated heterocycles. The molecule has 56 heavy (non-hydrogen) atoms. The van der Waals surface area contributed by atoms with Gasteiger partial charge in [-0.05, 0) is 36.5 Å². The Balaban J connectivity index is 0.00000300. The van der Waals surface area contributed by atoms with Crippen LogP contribution in [0.25, 0.3) is 10.9 Å². The number of fused-ring (bicyclic) bond motifs is 2. The second kappa shape index (κ2) is 18.1. The zero-order chi connectivity index (χ0) is 38.5. The maximum absolute atomic E-state index is 15.5. The van der Waals surface area contributed by atoms with E-state index in [2.05, 4.69) is 15.8 Å². The van der Waals surface area contributed by atoms with Crippen LogP contribution in [0.15, 0.2) is 63.8 Å². The van der Waals surface area contributed by atoms with Crippen molar-refractivity contribution in [1.82, 2.24) is 20.2 Å². The van der Waals surface area contributed by atoms with Gasteiger partial charge in [0.1, 0.15) is 11.2 Å². The first-order chi connectivity index (χ1) is 25.9. The Morgan fingerprint density at radius 3 is 2.54 bits per heavy atom. The van der Waals surface area contributed by atoms with Crippen LogP contribution in [0.2, 0.25) is 5.02 Å². The number of aliphatic hydroxyl groups is 1. The third kappa shape index (κ3) is 8.16. The van der Waals surface area contributed by atoms with Gasteiger partial charge in [0.2, 0.25) is 0 Å². The van der Waals surface area contributed by atoms with Gasteiger partial charge in [-0.2, -0.15) is 5.10 Å². The maximum atomic E-state index is 15.5. The number of hydrogen-bond donors (Lipinski definition) is 3. The van der Waals surface area contributed by atoms with Crippen molar-refractivity contribution >= 4 is 81.0 Å². The Morgan fingerprint density at radius 2 is 1.89 bits per heavy atom. The van der Waals surface area contributed by atoms with Crippen molar-refractivity contribution in [3.05, 3.63) is 86.1 Å². The smallest absolute Gasteiger partial charge is 0.545 e. The normalized spacial score (nSPS) is 22.2. The summed E-state index contributed by atoms with van der Waals surface area (Å²) in [4.78, 5) is 65.8. The van der Waals surface area contributed by atoms with Gasteiger partial charge in [-0.1, -0.05) is 41.9 Å². The molecule has 3 fully saturated rings. The second-order valence-corrected chi connectivity index (χ2v) is 15.4. The zero-order valence-electron chi connectivity index (χ0n) is 30.5. The molecule has 1 aromatic heterocycles. The summed E-state index contributed by atoms with van der Waals surface area (Å²) in [7, 11) is 1.21. The number of hydrazone groups is 1. The number of nitrogens with zero attached hydrogens (tertiary/aromatic N) is 4. The number of nitrogens with one attached hydrogen (secondary N) is 2. The number of anilines is 1. The first-order valence-electron chi connectivity index (χ1n) is 16.8. The number of aliphatic carboxylic acids is 1. The molecule has 3 N–H and O–H groups in total. The average Bonchev–Trinajstić information content (AvgIpc) is 3.91. The molecule has 4 aliphatic rings. The van der Waals surface area contributed by atoms with Gasteiger partial charge in [0.25, 0.3) is 17.5 Å². The van der Waals surface area contributed by atoms with Crippen molar-refractivity contribution in [3.63, 3.8) is 0 Å². The van der Waals surface area contributed by atoms with Crippen molar-refractivity contribution in [2.24, 2.45) is 5.10 Å². The van der Waals surface area contributed by atoms with Gasteiger partial charge in [0, 0.05) is 43.9 Å². The summed E-state index contributed by atoms with van der Waals surface area (Å²) < 4.78 is 22.6. The number of carbonyl (C=O) groups excluding carboxylic acids is 4. The minimum atomic E-state index is -1.89. The van der Waals surface area contributed by atoms with Crippen LogP contribution in [-0.4, -0.2) is 92.7 Å². The molecule has 1 saturated carbocycles. The standard InChI is InChI=1S/C35H34ClFN6O9S2.2Na/c1-52-35(39-30(46)28(44)17-5-3-2-4-6-17)33(51)43-25(32(49)50)18(15-54-34(35)43)14-53-16-38-40-19-9-10-41(12-19)27-23(37)11-21-26(24(27)36)42(20-7-8-20)13-22(29(21)45)31(47)48;;/h2-6,11,13,16,19-20,28,34,40,44H,7-10,12,14-15H2,1H3,(H,39,46)(H,47,48)(H,49,50);;/q;2*+1/p-2/t19?,28-,34-,35-;;/m1../s1. The molecule has 2 aromatic carbocycles. The number of halogens is 2. The summed E-state index contributed by atoms with van der Waals surface area (Å²) in [5, 5.41) is 40.1. The molecule has 284 valence electrons. The number of ether oxygens (including phenoxy) is 1. The van der Waals surface area contributed by atoms with E-state index in [1.807, 2.05) is 0 Å². The van der Waals surface area contributed by atoms with Crippen LogP contribution in [0.3, 0.4) is 0 Å². The minimum Gasteiger partial charge on any atom is -0.545 e. The molecule has 2 amide bonds. The molecule has 7 rings (SSSR count). The monoisotopic (exact) mass is 844 g/mol. The quantitative estimate of drug-likeness (QED) is 0.0367. The number of rotatable bonds is 13. The summed E-state index contributed by atoms with van der Waals surface area (Å²) in [5.74, 6) is -5.36. The Labute approximate surface area is 377 Å². The molecular formula is C35H32ClFN6Na2O9S2. The number of pyridine rings is 1. The predicted molar refractivity (Wildman–Crippen MR) is 195 cm³/mol. The molecule has 0 radical (unpaired) electrons. The molecular weight excluding hydrogens is 813 g/mol. The van der Waals surface area contributed by atoms with Crippen LogP contribution < -0.4 is 90.4 Å². The van der Waals surface area contributed by atoms with Gasteiger partial charge >= 0.3 is 59.1 Å². The average molecular weight is 845 g/mol. The molecule has 3 aliphatic heterocycles. The number of β-lactam (4-membered cyclic amide) rings is 1. The molecule has 21 heteroatoms. The third-order valence-electron chi connectivity index (χ3n) is 9.79. The summed E-state index contributed by atoms with van der Waals surface area (Å²) in [6.45, 7) is 0.718. The van der Waals surface area contributed by atoms with Crippen molar-refractivity contribution < 1.29 is 103 Å². The molecule has 4 atom stereocenters. The van der Waals surface area contributed by atoms with Crippen LogP contribution in [0.1, 0.15) is 47.3 Å². The fraction of sp³-hybridized carbons (Fsp3) is 0.371. The van der Waals surface area contributed by atoms with E-state index in [1.165, 1.54) is 42.4 Å². The number of methoxy groups -OCH3 is 1. The van der Waals surface area contributed by atoms with E-state index in [4.69, 9.17) is 16.3 Å². The number of carboxylic acids is 2. The van der Waals surface area contributed by atoms with E-state index in [9.17, 15) is 39.3 Å². The van der Waals surface area contributed by atoms with Gasteiger partial charge in [-0.3, -0.25) is 19.3 Å². The fourth-order valence-corrected chi connectivity index (χ4v) is 9.60. The van der Waals surface area contributed by atoms with E-state index < -0.39 is 57.8 Å². The number of carbonyl (C=O) groups is 4. The van der Waals surface area contributed by atoms with Crippen LogP contribution in [0.4, 0.5) is 10.1 Å². The summed E-state index contributed by atoms with van der Waals surface area (Å²) in [6, 6.07) is 8.85. The van der Waals surface area contributed by atoms with Gasteiger partial charge in [0.05, 0.1) is 56.4 Å². The minimum absolute atomic E-state index is 0. The number of hydrogen-bond acceptors (Lipinski definition) is 14. The largest absolute Gasteiger partial charge is 1.00 e. The number of benzene rings is 2. The van der Waals surface area contributed by atoms with Crippen molar-refractivity contribution in [3.8, 4) is 0 Å². The van der Waals surface area contributed by atoms with Gasteiger partial charge in [-0.25, -0.2) is 4.39 Å². The maximum Gasteiger partial charge on any atom is 1.00 e. The van der Waals surface area contributed by atoms with Crippen molar-refractivity contribution in [2.75, 3.05) is 36.6 Å². The molecule has 0 bridgehead atoms. The van der Waals surface area contributed by atoms with Crippen LogP contribution in [0, 0.1) is 5.82 Å². The summed E-state index contributed by atoms with van der Waals surface area (Å²) in [5.41, 5.74) is 1.93. The molecule has 1 aliphatic carbocycles. The Morgan fingerprint density at radius 1 is 1.18 bits per heavy atom. The molecule has 4 heterocycles. The molecule has 3 aromatic rings. The Hall–Kier alpha value is -2.62. The number of aromatic carboxylic acids is 1. The fourth-order valence-electron chi connectivity index (χ4n) is 6.97. The molecule has 15 nitrogen and oxygen atoms in total. The number of aliphatic hydroxyl groups excluding tert-OH is 1. The van der Waals surface area contributed by atoms with Crippen molar-refractivity contribution in [2.45, 2.75) is 48.5 Å². The first-order valence-corrected chi connectivity index (χ1v) is 19.3. The van der Waals surface area contributed by atoms with Gasteiger partial charge in [-0.15, -0.1) is 23.5 Å². The number of thioether (sulfide) groups is 2. The van der Waals surface area contributed by atoms with Crippen LogP contribution in [-0.2, 0) is 19.1 Å². The Kier molecular flexibility index (Phi) is 14.4. The summed E-state index contributed by atoms with van der Waals surface area (Å²) in [6.07, 6.45) is 1.71. The number of amides is 2. The van der Waals surface area contributed by atoms with Gasteiger partial charge < -0.3 is 49.9 Å². The van der Waals surface area contributed by atoms with E-state index in [0.29, 0.717) is 30.6 Å². The number of carboxylic acid groups (broad SMARTS) is 2. The van der Waals surface area contributed by atoms with E-state index in [1.54, 1.807) is 39.8 Å². The van der Waals surface area contributed by atoms with E-state index in [-0.39, 0.29) is 110 Å². The number of aromatic nitrogens is 1. The predicted octanol–water partition coefficient (Wildman–Crippen LogP) is -5.54. The SMILES string of the molecule is CO[C@]1(NC(=O)[C@H](O)c2ccccc2)C(=O)N2C(C(=O)[O-])=C(CSC=NNC3CCN(c4c(F)cc5c(=O)c(C(=O)[O-])cn(C6CC6)c5c4Cl)C3)CS[C@@H]21.[Na+].[Na+]. The summed E-state index contributed by atoms with van der Waals surface area (Å²) >= 11 is 9.11. The van der Waals surface area contributed by atoms with Crippen LogP contribution in [0.5, 0.6) is 0 Å². The van der Waals surface area contributed by atoms with Crippen molar-refractivity contribution in [1.29, 1.82) is 0 Å².